The molecule has 0 amide bonds. The van der Waals surface area contributed by atoms with E-state index in [-0.39, 0.29) is 41.4 Å². The normalized spacial score (nSPS) is 26.0. The summed E-state index contributed by atoms with van der Waals surface area (Å²) in [5.74, 6) is 1.60. The maximum atomic E-state index is 11.6. The highest BCUT2D eigenvalue weighted by Crippen LogP contribution is 2.29. The summed E-state index contributed by atoms with van der Waals surface area (Å²) in [7, 11) is -2.82. The third kappa shape index (κ3) is 7.43. The molecule has 0 aliphatic carbocycles. The van der Waals surface area contributed by atoms with Gasteiger partial charge in [0.1, 0.15) is 0 Å². The first kappa shape index (κ1) is 22.0. The summed E-state index contributed by atoms with van der Waals surface area (Å²) in [6.45, 7) is 9.47. The summed E-state index contributed by atoms with van der Waals surface area (Å²) in [4.78, 5) is 4.75. The SMILES string of the molecule is CC(C)NC(=NCC1(C)CCOCC1)NCC1CCS(=O)(=O)C1.I. The van der Waals surface area contributed by atoms with Crippen molar-refractivity contribution in [1.82, 2.24) is 10.6 Å². The molecular weight excluding hydrogens is 441 g/mol. The molecule has 2 fully saturated rings. The molecule has 6 nitrogen and oxygen atoms in total. The number of halogens is 1. The van der Waals surface area contributed by atoms with Crippen LogP contribution in [0.1, 0.15) is 40.0 Å². The van der Waals surface area contributed by atoms with Gasteiger partial charge in [-0.1, -0.05) is 6.92 Å². The Bertz CT molecular complexity index is 517. The number of sulfone groups is 1. The lowest BCUT2D eigenvalue weighted by molar-refractivity contribution is 0.0283. The summed E-state index contributed by atoms with van der Waals surface area (Å²) in [6, 6.07) is 0.288. The van der Waals surface area contributed by atoms with Gasteiger partial charge in [0.05, 0.1) is 11.5 Å². The van der Waals surface area contributed by atoms with Gasteiger partial charge in [0, 0.05) is 32.3 Å². The van der Waals surface area contributed by atoms with Crippen LogP contribution in [0.25, 0.3) is 0 Å². The van der Waals surface area contributed by atoms with Gasteiger partial charge in [-0.15, -0.1) is 24.0 Å². The number of hydrogen-bond donors (Lipinski definition) is 2. The molecule has 0 spiro atoms. The lowest BCUT2D eigenvalue weighted by Gasteiger charge is -2.32. The molecule has 2 aliphatic rings. The van der Waals surface area contributed by atoms with E-state index in [1.165, 1.54) is 0 Å². The predicted octanol–water partition coefficient (Wildman–Crippen LogP) is 1.80. The van der Waals surface area contributed by atoms with E-state index in [4.69, 9.17) is 9.73 Å². The van der Waals surface area contributed by atoms with Crippen LogP contribution in [0.2, 0.25) is 0 Å². The Balaban J connectivity index is 0.00000288. The fourth-order valence-corrected chi connectivity index (χ4v) is 4.85. The highest BCUT2D eigenvalue weighted by Gasteiger charge is 2.29. The second kappa shape index (κ2) is 9.56. The van der Waals surface area contributed by atoms with Gasteiger partial charge in [0.2, 0.25) is 0 Å². The fourth-order valence-electron chi connectivity index (χ4n) is 2.99. The molecule has 1 atom stereocenters. The van der Waals surface area contributed by atoms with Gasteiger partial charge in [-0.2, -0.15) is 0 Å². The van der Waals surface area contributed by atoms with Crippen molar-refractivity contribution in [3.05, 3.63) is 0 Å². The summed E-state index contributed by atoms with van der Waals surface area (Å²) in [5.41, 5.74) is 0.195. The van der Waals surface area contributed by atoms with Crippen molar-refractivity contribution in [2.45, 2.75) is 46.1 Å². The van der Waals surface area contributed by atoms with Gasteiger partial charge in [-0.3, -0.25) is 4.99 Å². The largest absolute Gasteiger partial charge is 0.381 e. The predicted molar refractivity (Wildman–Crippen MR) is 109 cm³/mol. The number of nitrogens with zero attached hydrogens (tertiary/aromatic N) is 1. The zero-order valence-electron chi connectivity index (χ0n) is 15.0. The summed E-state index contributed by atoms with van der Waals surface area (Å²) < 4.78 is 28.5. The molecular formula is C16H32IN3O3S. The second-order valence-electron chi connectivity index (χ2n) is 7.54. The number of rotatable bonds is 5. The molecule has 0 bridgehead atoms. The molecule has 2 aliphatic heterocycles. The maximum Gasteiger partial charge on any atom is 0.191 e. The van der Waals surface area contributed by atoms with Crippen LogP contribution >= 0.6 is 24.0 Å². The number of hydrogen-bond acceptors (Lipinski definition) is 4. The van der Waals surface area contributed by atoms with E-state index >= 15 is 0 Å². The molecule has 0 aromatic heterocycles. The van der Waals surface area contributed by atoms with Crippen molar-refractivity contribution in [2.75, 3.05) is 37.8 Å². The van der Waals surface area contributed by atoms with Gasteiger partial charge < -0.3 is 15.4 Å². The third-order valence-electron chi connectivity index (χ3n) is 4.63. The highest BCUT2D eigenvalue weighted by molar-refractivity contribution is 14.0. The lowest BCUT2D eigenvalue weighted by atomic mass is 9.83. The topological polar surface area (TPSA) is 79.8 Å². The molecule has 0 radical (unpaired) electrons. The molecule has 142 valence electrons. The van der Waals surface area contributed by atoms with Gasteiger partial charge in [-0.05, 0) is 44.4 Å². The Labute approximate surface area is 163 Å². The second-order valence-corrected chi connectivity index (χ2v) is 9.77. The van der Waals surface area contributed by atoms with Crippen molar-refractivity contribution in [2.24, 2.45) is 16.3 Å². The molecule has 0 saturated carbocycles. The van der Waals surface area contributed by atoms with Crippen molar-refractivity contribution in [3.63, 3.8) is 0 Å². The number of guanidine groups is 1. The Morgan fingerprint density at radius 1 is 1.33 bits per heavy atom. The van der Waals surface area contributed by atoms with E-state index in [0.29, 0.717) is 18.1 Å². The van der Waals surface area contributed by atoms with Crippen molar-refractivity contribution < 1.29 is 13.2 Å². The minimum absolute atomic E-state index is 0. The minimum atomic E-state index is -2.82. The molecule has 2 rings (SSSR count). The standard InChI is InChI=1S/C16H31N3O3S.HI/c1-13(2)19-15(17-10-14-4-9-23(20,21)11-14)18-12-16(3)5-7-22-8-6-16;/h13-14H,4-12H2,1-3H3,(H2,17,18,19);1H. The van der Waals surface area contributed by atoms with E-state index in [2.05, 4.69) is 31.4 Å². The molecule has 8 heteroatoms. The summed E-state index contributed by atoms with van der Waals surface area (Å²) in [5, 5.41) is 6.67. The Kier molecular flexibility index (Phi) is 8.75. The van der Waals surface area contributed by atoms with Crippen LogP contribution in [0.3, 0.4) is 0 Å². The number of aliphatic imine (C=N–C) groups is 1. The van der Waals surface area contributed by atoms with Gasteiger partial charge in [0.25, 0.3) is 0 Å². The van der Waals surface area contributed by atoms with Gasteiger partial charge in [-0.25, -0.2) is 8.42 Å². The van der Waals surface area contributed by atoms with Crippen LogP contribution < -0.4 is 10.6 Å². The van der Waals surface area contributed by atoms with Crippen LogP contribution in [-0.2, 0) is 14.6 Å². The van der Waals surface area contributed by atoms with E-state index in [1.54, 1.807) is 0 Å². The van der Waals surface area contributed by atoms with Crippen LogP contribution in [-0.4, -0.2) is 58.2 Å². The quantitative estimate of drug-likeness (QED) is 0.362. The third-order valence-corrected chi connectivity index (χ3v) is 6.47. The first-order valence-electron chi connectivity index (χ1n) is 8.61. The van der Waals surface area contributed by atoms with Crippen LogP contribution in [0.5, 0.6) is 0 Å². The van der Waals surface area contributed by atoms with Gasteiger partial charge in [0.15, 0.2) is 15.8 Å². The molecule has 2 N–H and O–H groups in total. The average molecular weight is 473 g/mol. The highest BCUT2D eigenvalue weighted by atomic mass is 127. The van der Waals surface area contributed by atoms with Crippen molar-refractivity contribution in [1.29, 1.82) is 0 Å². The molecule has 24 heavy (non-hydrogen) atoms. The van der Waals surface area contributed by atoms with Crippen molar-refractivity contribution in [3.8, 4) is 0 Å². The van der Waals surface area contributed by atoms with Crippen LogP contribution in [0, 0.1) is 11.3 Å². The lowest BCUT2D eigenvalue weighted by Crippen LogP contribution is -2.44. The first-order valence-corrected chi connectivity index (χ1v) is 10.4. The van der Waals surface area contributed by atoms with E-state index < -0.39 is 9.84 Å². The van der Waals surface area contributed by atoms with Crippen LogP contribution in [0.4, 0.5) is 0 Å². The monoisotopic (exact) mass is 473 g/mol. The minimum Gasteiger partial charge on any atom is -0.381 e. The average Bonchev–Trinajstić information content (AvgIpc) is 2.82. The fraction of sp³-hybridized carbons (Fsp3) is 0.938. The zero-order valence-corrected chi connectivity index (χ0v) is 18.2. The van der Waals surface area contributed by atoms with E-state index in [9.17, 15) is 8.42 Å². The van der Waals surface area contributed by atoms with Crippen molar-refractivity contribution >= 4 is 39.8 Å². The Hall–Kier alpha value is -0.0900. The summed E-state index contributed by atoms with van der Waals surface area (Å²) in [6.07, 6.45) is 2.82. The summed E-state index contributed by atoms with van der Waals surface area (Å²) >= 11 is 0. The number of nitrogens with one attached hydrogen (secondary N) is 2. The number of ether oxygens (including phenoxy) is 1. The molecule has 0 aromatic rings. The van der Waals surface area contributed by atoms with Gasteiger partial charge >= 0.3 is 0 Å². The van der Waals surface area contributed by atoms with E-state index in [0.717, 1.165) is 45.0 Å². The maximum absolute atomic E-state index is 11.6. The van der Waals surface area contributed by atoms with E-state index in [1.807, 2.05) is 0 Å². The smallest absolute Gasteiger partial charge is 0.191 e. The van der Waals surface area contributed by atoms with Crippen LogP contribution in [0.15, 0.2) is 4.99 Å². The molecule has 1 unspecified atom stereocenters. The molecule has 2 heterocycles. The first-order chi connectivity index (χ1) is 10.8. The molecule has 0 aromatic carbocycles. The Morgan fingerprint density at radius 2 is 2.00 bits per heavy atom. The zero-order chi connectivity index (χ0) is 16.9. The Morgan fingerprint density at radius 3 is 2.54 bits per heavy atom. The molecule has 2 saturated heterocycles.